The molecule has 2 aliphatic rings. The van der Waals surface area contributed by atoms with E-state index in [9.17, 15) is 0 Å². The molecule has 2 nitrogen and oxygen atoms in total. The SMILES string of the molecule is S=C(NCC1Cc2ccccc21)NC1CCCC1. The summed E-state index contributed by atoms with van der Waals surface area (Å²) in [5.74, 6) is 0.643. The first kappa shape index (κ1) is 12.0. The second-order valence-corrected chi connectivity index (χ2v) is 5.84. The normalized spacial score (nSPS) is 22.1. The molecule has 0 heterocycles. The Morgan fingerprint density at radius 1 is 1.22 bits per heavy atom. The molecule has 0 bridgehead atoms. The van der Waals surface area contributed by atoms with Crippen molar-refractivity contribution < 1.29 is 0 Å². The fourth-order valence-electron chi connectivity index (χ4n) is 3.07. The van der Waals surface area contributed by atoms with Crippen molar-refractivity contribution in [2.45, 2.75) is 44.1 Å². The molecule has 1 saturated carbocycles. The fourth-order valence-corrected chi connectivity index (χ4v) is 3.32. The lowest BCUT2D eigenvalue weighted by atomic mass is 9.78. The average molecular weight is 260 g/mol. The van der Waals surface area contributed by atoms with Gasteiger partial charge in [-0.3, -0.25) is 0 Å². The van der Waals surface area contributed by atoms with Gasteiger partial charge in [0.1, 0.15) is 0 Å². The quantitative estimate of drug-likeness (QED) is 0.817. The minimum atomic E-state index is 0.610. The second-order valence-electron chi connectivity index (χ2n) is 5.44. The Hall–Kier alpha value is -1.09. The standard InChI is InChI=1S/C15H20N2S/c18-15(17-13-6-2-3-7-13)16-10-12-9-11-5-1-4-8-14(11)12/h1,4-5,8,12-13H,2-3,6-7,9-10H2,(H2,16,17,18). The predicted molar refractivity (Wildman–Crippen MR) is 78.9 cm³/mol. The summed E-state index contributed by atoms with van der Waals surface area (Å²) in [6.45, 7) is 0.968. The Kier molecular flexibility index (Phi) is 3.50. The Morgan fingerprint density at radius 3 is 2.78 bits per heavy atom. The number of benzene rings is 1. The van der Waals surface area contributed by atoms with Crippen molar-refractivity contribution in [2.75, 3.05) is 6.54 Å². The predicted octanol–water partition coefficient (Wildman–Crippen LogP) is 2.73. The highest BCUT2D eigenvalue weighted by Crippen LogP contribution is 2.33. The summed E-state index contributed by atoms with van der Waals surface area (Å²) < 4.78 is 0. The maximum absolute atomic E-state index is 5.36. The van der Waals surface area contributed by atoms with E-state index in [1.54, 1.807) is 0 Å². The molecule has 96 valence electrons. The molecule has 3 rings (SSSR count). The zero-order chi connectivity index (χ0) is 12.4. The average Bonchev–Trinajstić information content (AvgIpc) is 2.83. The number of fused-ring (bicyclic) bond motifs is 1. The Bertz CT molecular complexity index is 438. The summed E-state index contributed by atoms with van der Waals surface area (Å²) >= 11 is 5.36. The highest BCUT2D eigenvalue weighted by Gasteiger charge is 2.25. The van der Waals surface area contributed by atoms with Gasteiger partial charge in [-0.25, -0.2) is 0 Å². The van der Waals surface area contributed by atoms with Gasteiger partial charge in [0, 0.05) is 18.5 Å². The lowest BCUT2D eigenvalue weighted by Crippen LogP contribution is -2.43. The first-order valence-electron chi connectivity index (χ1n) is 6.95. The molecule has 1 atom stereocenters. The summed E-state index contributed by atoms with van der Waals surface area (Å²) in [5.41, 5.74) is 2.99. The van der Waals surface area contributed by atoms with E-state index in [-0.39, 0.29) is 0 Å². The summed E-state index contributed by atoms with van der Waals surface area (Å²) in [5, 5.41) is 7.64. The van der Waals surface area contributed by atoms with Crippen LogP contribution in [0.3, 0.4) is 0 Å². The molecule has 1 fully saturated rings. The van der Waals surface area contributed by atoms with Crippen LogP contribution in [0.15, 0.2) is 24.3 Å². The van der Waals surface area contributed by atoms with Crippen LogP contribution >= 0.6 is 12.2 Å². The first-order valence-corrected chi connectivity index (χ1v) is 7.36. The maximum atomic E-state index is 5.36. The molecule has 1 aromatic rings. The number of nitrogens with one attached hydrogen (secondary N) is 2. The van der Waals surface area contributed by atoms with Gasteiger partial charge >= 0.3 is 0 Å². The topological polar surface area (TPSA) is 24.1 Å². The molecular formula is C15H20N2S. The van der Waals surface area contributed by atoms with Crippen LogP contribution in [0, 0.1) is 0 Å². The molecule has 2 aliphatic carbocycles. The van der Waals surface area contributed by atoms with Crippen LogP contribution in [-0.4, -0.2) is 17.7 Å². The fraction of sp³-hybridized carbons (Fsp3) is 0.533. The summed E-state index contributed by atoms with van der Waals surface area (Å²) in [7, 11) is 0. The van der Waals surface area contributed by atoms with Gasteiger partial charge in [-0.15, -0.1) is 0 Å². The van der Waals surface area contributed by atoms with Crippen molar-refractivity contribution in [3.8, 4) is 0 Å². The molecule has 0 saturated heterocycles. The van der Waals surface area contributed by atoms with Crippen LogP contribution in [-0.2, 0) is 6.42 Å². The van der Waals surface area contributed by atoms with Crippen molar-refractivity contribution in [1.82, 2.24) is 10.6 Å². The molecule has 0 radical (unpaired) electrons. The van der Waals surface area contributed by atoms with Crippen LogP contribution in [0.25, 0.3) is 0 Å². The number of hydrogen-bond donors (Lipinski definition) is 2. The molecule has 1 unspecified atom stereocenters. The van der Waals surface area contributed by atoms with Crippen molar-refractivity contribution in [2.24, 2.45) is 0 Å². The van der Waals surface area contributed by atoms with E-state index in [4.69, 9.17) is 12.2 Å². The largest absolute Gasteiger partial charge is 0.362 e. The van der Waals surface area contributed by atoms with Gasteiger partial charge in [-0.05, 0) is 42.6 Å². The van der Waals surface area contributed by atoms with Crippen molar-refractivity contribution in [1.29, 1.82) is 0 Å². The van der Waals surface area contributed by atoms with Gasteiger partial charge in [-0.1, -0.05) is 37.1 Å². The third kappa shape index (κ3) is 2.51. The van der Waals surface area contributed by atoms with Crippen molar-refractivity contribution in [3.63, 3.8) is 0 Å². The highest BCUT2D eigenvalue weighted by atomic mass is 32.1. The van der Waals surface area contributed by atoms with Gasteiger partial charge in [0.05, 0.1) is 0 Å². The third-order valence-electron chi connectivity index (χ3n) is 4.16. The summed E-state index contributed by atoms with van der Waals surface area (Å²) in [6, 6.07) is 9.31. The van der Waals surface area contributed by atoms with Gasteiger partial charge in [0.25, 0.3) is 0 Å². The zero-order valence-electron chi connectivity index (χ0n) is 10.6. The molecule has 2 N–H and O–H groups in total. The maximum Gasteiger partial charge on any atom is 0.166 e. The van der Waals surface area contributed by atoms with Crippen LogP contribution in [0.1, 0.15) is 42.7 Å². The minimum Gasteiger partial charge on any atom is -0.362 e. The molecular weight excluding hydrogens is 240 g/mol. The van der Waals surface area contributed by atoms with Crippen molar-refractivity contribution in [3.05, 3.63) is 35.4 Å². The Labute approximate surface area is 114 Å². The number of rotatable bonds is 3. The van der Waals surface area contributed by atoms with E-state index >= 15 is 0 Å². The van der Waals surface area contributed by atoms with Gasteiger partial charge in [-0.2, -0.15) is 0 Å². The molecule has 0 amide bonds. The van der Waals surface area contributed by atoms with E-state index in [0.717, 1.165) is 11.7 Å². The van der Waals surface area contributed by atoms with E-state index < -0.39 is 0 Å². The number of thiocarbonyl (C=S) groups is 1. The van der Waals surface area contributed by atoms with Crippen LogP contribution in [0.5, 0.6) is 0 Å². The first-order chi connectivity index (χ1) is 8.83. The smallest absolute Gasteiger partial charge is 0.166 e. The van der Waals surface area contributed by atoms with Crippen LogP contribution in [0.2, 0.25) is 0 Å². The second kappa shape index (κ2) is 5.27. The molecule has 18 heavy (non-hydrogen) atoms. The number of hydrogen-bond acceptors (Lipinski definition) is 1. The van der Waals surface area contributed by atoms with Gasteiger partial charge < -0.3 is 10.6 Å². The summed E-state index contributed by atoms with van der Waals surface area (Å²) in [4.78, 5) is 0. The van der Waals surface area contributed by atoms with Gasteiger partial charge in [0.2, 0.25) is 0 Å². The lowest BCUT2D eigenvalue weighted by molar-refractivity contribution is 0.572. The van der Waals surface area contributed by atoms with E-state index in [1.165, 1.54) is 43.2 Å². The van der Waals surface area contributed by atoms with E-state index in [0.29, 0.717) is 12.0 Å². The lowest BCUT2D eigenvalue weighted by Gasteiger charge is -2.30. The minimum absolute atomic E-state index is 0.610. The molecule has 1 aromatic carbocycles. The third-order valence-corrected chi connectivity index (χ3v) is 4.42. The summed E-state index contributed by atoms with van der Waals surface area (Å²) in [6.07, 6.45) is 6.42. The zero-order valence-corrected chi connectivity index (χ0v) is 11.4. The molecule has 0 aliphatic heterocycles. The molecule has 0 spiro atoms. The molecule has 0 aromatic heterocycles. The Morgan fingerprint density at radius 2 is 2.00 bits per heavy atom. The van der Waals surface area contributed by atoms with Crippen LogP contribution < -0.4 is 10.6 Å². The Balaban J connectivity index is 1.44. The van der Waals surface area contributed by atoms with Crippen molar-refractivity contribution >= 4 is 17.3 Å². The van der Waals surface area contributed by atoms with E-state index in [1.807, 2.05) is 0 Å². The highest BCUT2D eigenvalue weighted by molar-refractivity contribution is 7.80. The van der Waals surface area contributed by atoms with Crippen LogP contribution in [0.4, 0.5) is 0 Å². The monoisotopic (exact) mass is 260 g/mol. The van der Waals surface area contributed by atoms with E-state index in [2.05, 4.69) is 34.9 Å². The molecule has 3 heteroatoms. The van der Waals surface area contributed by atoms with Gasteiger partial charge in [0.15, 0.2) is 5.11 Å².